The third kappa shape index (κ3) is 7.63. The fourth-order valence-electron chi connectivity index (χ4n) is 2.04. The van der Waals surface area contributed by atoms with Gasteiger partial charge in [0.1, 0.15) is 5.75 Å². The molecule has 0 aliphatic carbocycles. The predicted molar refractivity (Wildman–Crippen MR) is 99.5 cm³/mol. The first-order chi connectivity index (χ1) is 11.5. The Labute approximate surface area is 158 Å². The number of rotatable bonds is 8. The second kappa shape index (κ2) is 9.40. The summed E-state index contributed by atoms with van der Waals surface area (Å²) in [5, 5.41) is 0.785. The third-order valence-corrected chi connectivity index (χ3v) is 5.85. The summed E-state index contributed by atoms with van der Waals surface area (Å²) in [7, 11) is 1.18. The number of hydrogen-bond donors (Lipinski definition) is 0. The van der Waals surface area contributed by atoms with Gasteiger partial charge < -0.3 is 9.80 Å². The summed E-state index contributed by atoms with van der Waals surface area (Å²) < 4.78 is 24.1. The van der Waals surface area contributed by atoms with Gasteiger partial charge in [0, 0.05) is 34.1 Å². The number of benzene rings is 1. The molecule has 0 N–H and O–H groups in total. The van der Waals surface area contributed by atoms with Crippen LogP contribution in [0.4, 0.5) is 0 Å². The van der Waals surface area contributed by atoms with Gasteiger partial charge in [0.15, 0.2) is 9.84 Å². The van der Waals surface area contributed by atoms with Crippen LogP contribution < -0.4 is 0 Å². The van der Waals surface area contributed by atoms with Crippen LogP contribution in [-0.2, 0) is 26.0 Å². The van der Waals surface area contributed by atoms with Crippen LogP contribution >= 0.6 is 23.2 Å². The first-order valence-corrected chi connectivity index (χ1v) is 10.2. The van der Waals surface area contributed by atoms with Gasteiger partial charge in [0.2, 0.25) is 11.8 Å². The molecule has 0 saturated carbocycles. The van der Waals surface area contributed by atoms with Crippen molar-refractivity contribution in [1.29, 1.82) is 0 Å². The van der Waals surface area contributed by atoms with Crippen molar-refractivity contribution in [3.05, 3.63) is 33.8 Å². The molecule has 0 aliphatic rings. The van der Waals surface area contributed by atoms with Crippen LogP contribution in [0.5, 0.6) is 0 Å². The zero-order valence-electron chi connectivity index (χ0n) is 14.5. The van der Waals surface area contributed by atoms with Crippen molar-refractivity contribution in [3.8, 4) is 0 Å². The quantitative estimate of drug-likeness (QED) is 0.660. The second-order valence-electron chi connectivity index (χ2n) is 5.98. The highest BCUT2D eigenvalue weighted by Crippen LogP contribution is 2.23. The molecule has 0 heterocycles. The van der Waals surface area contributed by atoms with E-state index in [1.54, 1.807) is 32.3 Å². The molecule has 2 amide bonds. The van der Waals surface area contributed by atoms with E-state index in [1.807, 2.05) is 0 Å². The SMILES string of the molecule is CN(C)C(=O)CCCS(=O)(=O)CC(=O)N(C)Cc1ccc(Cl)c(Cl)c1. The fraction of sp³-hybridized carbons (Fsp3) is 0.500. The third-order valence-electron chi connectivity index (χ3n) is 3.52. The van der Waals surface area contributed by atoms with Gasteiger partial charge in [-0.1, -0.05) is 29.3 Å². The summed E-state index contributed by atoms with van der Waals surface area (Å²) in [4.78, 5) is 26.3. The standard InChI is InChI=1S/C16H22Cl2N2O4S/c1-19(2)15(21)5-4-8-25(23,24)11-16(22)20(3)10-12-6-7-13(17)14(18)9-12/h6-7,9H,4-5,8,10-11H2,1-3H3. The van der Waals surface area contributed by atoms with Crippen LogP contribution in [-0.4, -0.2) is 62.7 Å². The first-order valence-electron chi connectivity index (χ1n) is 7.60. The minimum atomic E-state index is -3.56. The van der Waals surface area contributed by atoms with Crippen LogP contribution in [0, 0.1) is 0 Å². The summed E-state index contributed by atoms with van der Waals surface area (Å²) in [6.45, 7) is 0.227. The van der Waals surface area contributed by atoms with Gasteiger partial charge in [-0.05, 0) is 24.1 Å². The molecule has 0 atom stereocenters. The number of halogens is 2. The molecule has 0 saturated heterocycles. The van der Waals surface area contributed by atoms with Crippen molar-refractivity contribution in [2.75, 3.05) is 32.6 Å². The van der Waals surface area contributed by atoms with Crippen LogP contribution in [0.15, 0.2) is 18.2 Å². The Morgan fingerprint density at radius 2 is 1.68 bits per heavy atom. The summed E-state index contributed by atoms with van der Waals surface area (Å²) in [5.41, 5.74) is 0.749. The Morgan fingerprint density at radius 3 is 2.24 bits per heavy atom. The highest BCUT2D eigenvalue weighted by atomic mass is 35.5. The molecule has 0 spiro atoms. The lowest BCUT2D eigenvalue weighted by Gasteiger charge is -2.18. The number of nitrogens with zero attached hydrogens (tertiary/aromatic N) is 2. The topological polar surface area (TPSA) is 74.8 Å². The molecular formula is C16H22Cl2N2O4S. The molecule has 0 aliphatic heterocycles. The molecule has 1 aromatic carbocycles. The molecule has 0 aromatic heterocycles. The molecule has 9 heteroatoms. The Hall–Kier alpha value is -1.31. The molecule has 0 radical (unpaired) electrons. The van der Waals surface area contributed by atoms with Gasteiger partial charge in [0.25, 0.3) is 0 Å². The van der Waals surface area contributed by atoms with Crippen LogP contribution in [0.25, 0.3) is 0 Å². The van der Waals surface area contributed by atoms with Gasteiger partial charge in [-0.25, -0.2) is 8.42 Å². The average Bonchev–Trinajstić information content (AvgIpc) is 2.50. The minimum Gasteiger partial charge on any atom is -0.349 e. The average molecular weight is 409 g/mol. The van der Waals surface area contributed by atoms with E-state index >= 15 is 0 Å². The maximum absolute atomic E-state index is 12.1. The van der Waals surface area contributed by atoms with Gasteiger partial charge in [-0.3, -0.25) is 9.59 Å². The molecule has 25 heavy (non-hydrogen) atoms. The summed E-state index contributed by atoms with van der Waals surface area (Å²) >= 11 is 11.8. The number of carbonyl (C=O) groups is 2. The van der Waals surface area contributed by atoms with Crippen molar-refractivity contribution in [2.24, 2.45) is 0 Å². The lowest BCUT2D eigenvalue weighted by Crippen LogP contribution is -2.33. The van der Waals surface area contributed by atoms with E-state index in [9.17, 15) is 18.0 Å². The zero-order valence-corrected chi connectivity index (χ0v) is 16.8. The number of amides is 2. The number of sulfone groups is 1. The Morgan fingerprint density at radius 1 is 1.04 bits per heavy atom. The first kappa shape index (κ1) is 21.7. The number of hydrogen-bond acceptors (Lipinski definition) is 4. The van der Waals surface area contributed by atoms with E-state index < -0.39 is 21.5 Å². The molecule has 6 nitrogen and oxygen atoms in total. The molecule has 1 aromatic rings. The van der Waals surface area contributed by atoms with Crippen molar-refractivity contribution < 1.29 is 18.0 Å². The van der Waals surface area contributed by atoms with Gasteiger partial charge >= 0.3 is 0 Å². The Balaban J connectivity index is 2.55. The summed E-state index contributed by atoms with van der Waals surface area (Å²) in [5.74, 6) is -1.43. The molecule has 140 valence electrons. The maximum atomic E-state index is 12.1. The van der Waals surface area contributed by atoms with E-state index in [0.29, 0.717) is 10.0 Å². The highest BCUT2D eigenvalue weighted by molar-refractivity contribution is 7.92. The second-order valence-corrected chi connectivity index (χ2v) is 8.98. The zero-order chi connectivity index (χ0) is 19.2. The van der Waals surface area contributed by atoms with Crippen molar-refractivity contribution in [2.45, 2.75) is 19.4 Å². The monoisotopic (exact) mass is 408 g/mol. The van der Waals surface area contributed by atoms with Crippen LogP contribution in [0.3, 0.4) is 0 Å². The maximum Gasteiger partial charge on any atom is 0.237 e. The largest absolute Gasteiger partial charge is 0.349 e. The Kier molecular flexibility index (Phi) is 8.18. The summed E-state index contributed by atoms with van der Waals surface area (Å²) in [6, 6.07) is 4.98. The lowest BCUT2D eigenvalue weighted by atomic mass is 10.2. The van der Waals surface area contributed by atoms with Gasteiger partial charge in [-0.15, -0.1) is 0 Å². The van der Waals surface area contributed by atoms with Gasteiger partial charge in [-0.2, -0.15) is 0 Å². The molecule has 0 bridgehead atoms. The molecule has 0 fully saturated rings. The van der Waals surface area contributed by atoms with Crippen molar-refractivity contribution >= 4 is 44.9 Å². The highest BCUT2D eigenvalue weighted by Gasteiger charge is 2.20. The van der Waals surface area contributed by atoms with E-state index in [4.69, 9.17) is 23.2 Å². The molecule has 0 unspecified atom stereocenters. The normalized spacial score (nSPS) is 11.2. The smallest absolute Gasteiger partial charge is 0.237 e. The van der Waals surface area contributed by atoms with E-state index in [-0.39, 0.29) is 31.0 Å². The minimum absolute atomic E-state index is 0.138. The Bertz CT molecular complexity index is 736. The van der Waals surface area contributed by atoms with E-state index in [0.717, 1.165) is 5.56 Å². The predicted octanol–water partition coefficient (Wildman–Crippen LogP) is 2.24. The molecule has 1 rings (SSSR count). The number of carbonyl (C=O) groups excluding carboxylic acids is 2. The lowest BCUT2D eigenvalue weighted by molar-refractivity contribution is -0.129. The van der Waals surface area contributed by atoms with Gasteiger partial charge in [0.05, 0.1) is 15.8 Å². The van der Waals surface area contributed by atoms with Crippen molar-refractivity contribution in [3.63, 3.8) is 0 Å². The van der Waals surface area contributed by atoms with Crippen LogP contribution in [0.2, 0.25) is 10.0 Å². The fourth-order valence-corrected chi connectivity index (χ4v) is 3.68. The van der Waals surface area contributed by atoms with Crippen molar-refractivity contribution in [1.82, 2.24) is 9.80 Å². The summed E-state index contributed by atoms with van der Waals surface area (Å²) in [6.07, 6.45) is 0.336. The van der Waals surface area contributed by atoms with Crippen LogP contribution in [0.1, 0.15) is 18.4 Å². The van der Waals surface area contributed by atoms with E-state index in [2.05, 4.69) is 0 Å². The van der Waals surface area contributed by atoms with E-state index in [1.165, 1.54) is 16.8 Å². The molecular weight excluding hydrogens is 387 g/mol.